The molecule has 1 saturated heterocycles. The van der Waals surface area contributed by atoms with E-state index in [1.807, 2.05) is 28.8 Å². The number of morpholine rings is 1. The van der Waals surface area contributed by atoms with Gasteiger partial charge in [0.2, 0.25) is 0 Å². The molecular formula is C16H21NO2S2. The van der Waals surface area contributed by atoms with E-state index < -0.39 is 0 Å². The van der Waals surface area contributed by atoms with E-state index in [1.165, 1.54) is 9.75 Å². The van der Waals surface area contributed by atoms with Crippen molar-refractivity contribution in [3.8, 4) is 0 Å². The maximum absolute atomic E-state index is 10.4. The highest BCUT2D eigenvalue weighted by Crippen LogP contribution is 2.27. The molecule has 1 N–H and O–H groups in total. The Morgan fingerprint density at radius 2 is 2.33 bits per heavy atom. The van der Waals surface area contributed by atoms with Gasteiger partial charge in [-0.05, 0) is 36.9 Å². The number of ether oxygens (including phenoxy) is 1. The zero-order valence-corrected chi connectivity index (χ0v) is 13.8. The maximum Gasteiger partial charge on any atom is 0.0897 e. The second-order valence-corrected chi connectivity index (χ2v) is 7.83. The van der Waals surface area contributed by atoms with E-state index in [-0.39, 0.29) is 6.10 Å². The predicted molar refractivity (Wildman–Crippen MR) is 88.0 cm³/mol. The summed E-state index contributed by atoms with van der Waals surface area (Å²) >= 11 is 3.48. The normalized spacial score (nSPS) is 21.5. The van der Waals surface area contributed by atoms with Gasteiger partial charge < -0.3 is 9.84 Å². The molecule has 5 heteroatoms. The van der Waals surface area contributed by atoms with Crippen molar-refractivity contribution in [3.63, 3.8) is 0 Å². The van der Waals surface area contributed by atoms with Crippen LogP contribution >= 0.6 is 22.7 Å². The fraction of sp³-hybridized carbons (Fsp3) is 0.500. The molecule has 2 aromatic heterocycles. The molecule has 1 aliphatic heterocycles. The molecule has 1 aliphatic rings. The molecule has 3 heterocycles. The minimum atomic E-state index is -0.385. The molecule has 0 aliphatic carbocycles. The van der Waals surface area contributed by atoms with Crippen LogP contribution in [0, 0.1) is 6.92 Å². The Bertz CT molecular complexity index is 552. The van der Waals surface area contributed by atoms with E-state index in [2.05, 4.69) is 24.0 Å². The zero-order valence-electron chi connectivity index (χ0n) is 12.2. The third-order valence-corrected chi connectivity index (χ3v) is 5.83. The molecular weight excluding hydrogens is 302 g/mol. The molecule has 0 bridgehead atoms. The molecule has 21 heavy (non-hydrogen) atoms. The van der Waals surface area contributed by atoms with Crippen molar-refractivity contribution in [3.05, 3.63) is 44.3 Å². The Morgan fingerprint density at radius 1 is 1.43 bits per heavy atom. The molecule has 0 radical (unpaired) electrons. The SMILES string of the molecule is Cc1ccc(CN2CCOCC2CC(O)c2cccs2)s1. The largest absolute Gasteiger partial charge is 0.388 e. The minimum absolute atomic E-state index is 0.290. The molecule has 0 aromatic carbocycles. The lowest BCUT2D eigenvalue weighted by molar-refractivity contribution is -0.0292. The Balaban J connectivity index is 1.63. The van der Waals surface area contributed by atoms with Gasteiger partial charge in [-0.25, -0.2) is 0 Å². The van der Waals surface area contributed by atoms with E-state index >= 15 is 0 Å². The lowest BCUT2D eigenvalue weighted by Crippen LogP contribution is -2.45. The van der Waals surface area contributed by atoms with Crippen LogP contribution in [-0.4, -0.2) is 35.8 Å². The lowest BCUT2D eigenvalue weighted by Gasteiger charge is -2.36. The summed E-state index contributed by atoms with van der Waals surface area (Å²) in [4.78, 5) is 6.25. The first kappa shape index (κ1) is 15.2. The van der Waals surface area contributed by atoms with Gasteiger partial charge >= 0.3 is 0 Å². The van der Waals surface area contributed by atoms with Crippen molar-refractivity contribution in [2.75, 3.05) is 19.8 Å². The summed E-state index contributed by atoms with van der Waals surface area (Å²) in [5.41, 5.74) is 0. The summed E-state index contributed by atoms with van der Waals surface area (Å²) in [5.74, 6) is 0. The van der Waals surface area contributed by atoms with Crippen molar-refractivity contribution in [2.45, 2.75) is 32.0 Å². The number of aliphatic hydroxyl groups is 1. The van der Waals surface area contributed by atoms with E-state index in [4.69, 9.17) is 4.74 Å². The molecule has 3 nitrogen and oxygen atoms in total. The second kappa shape index (κ2) is 7.03. The summed E-state index contributed by atoms with van der Waals surface area (Å²) in [6.45, 7) is 5.55. The van der Waals surface area contributed by atoms with Gasteiger partial charge in [-0.2, -0.15) is 0 Å². The number of hydrogen-bond acceptors (Lipinski definition) is 5. The van der Waals surface area contributed by atoms with Crippen LogP contribution in [0.5, 0.6) is 0 Å². The Kier molecular flexibility index (Phi) is 5.08. The van der Waals surface area contributed by atoms with Gasteiger partial charge in [0, 0.05) is 33.8 Å². The summed E-state index contributed by atoms with van der Waals surface area (Å²) in [5, 5.41) is 12.4. The zero-order chi connectivity index (χ0) is 14.7. The summed E-state index contributed by atoms with van der Waals surface area (Å²) in [6, 6.07) is 8.68. The van der Waals surface area contributed by atoms with E-state index in [1.54, 1.807) is 11.3 Å². The predicted octanol–water partition coefficient (Wildman–Crippen LogP) is 3.44. The van der Waals surface area contributed by atoms with Crippen molar-refractivity contribution >= 4 is 22.7 Å². The summed E-state index contributed by atoms with van der Waals surface area (Å²) in [6.07, 6.45) is 0.356. The van der Waals surface area contributed by atoms with Crippen LogP contribution in [0.2, 0.25) is 0 Å². The van der Waals surface area contributed by atoms with Gasteiger partial charge in [-0.3, -0.25) is 4.90 Å². The van der Waals surface area contributed by atoms with Crippen LogP contribution < -0.4 is 0 Å². The molecule has 114 valence electrons. The lowest BCUT2D eigenvalue weighted by atomic mass is 10.1. The quantitative estimate of drug-likeness (QED) is 0.915. The highest BCUT2D eigenvalue weighted by molar-refractivity contribution is 7.11. The standard InChI is InChI=1S/C16H21NO2S2/c1-12-4-5-14(21-12)10-17-6-7-19-11-13(17)9-15(18)16-3-2-8-20-16/h2-5,8,13,15,18H,6-7,9-11H2,1H3. The van der Waals surface area contributed by atoms with Crippen molar-refractivity contribution in [1.29, 1.82) is 0 Å². The van der Waals surface area contributed by atoms with Gasteiger partial charge in [0.15, 0.2) is 0 Å². The maximum atomic E-state index is 10.4. The fourth-order valence-corrected chi connectivity index (χ4v) is 4.38. The molecule has 0 spiro atoms. The van der Waals surface area contributed by atoms with E-state index in [9.17, 15) is 5.11 Å². The van der Waals surface area contributed by atoms with Crippen molar-refractivity contribution in [2.24, 2.45) is 0 Å². The van der Waals surface area contributed by atoms with E-state index in [0.29, 0.717) is 12.6 Å². The second-order valence-electron chi connectivity index (χ2n) is 5.48. The smallest absolute Gasteiger partial charge is 0.0897 e. The molecule has 0 amide bonds. The topological polar surface area (TPSA) is 32.7 Å². The first-order valence-corrected chi connectivity index (χ1v) is 9.00. The Hall–Kier alpha value is -0.720. The molecule has 2 unspecified atom stereocenters. The van der Waals surface area contributed by atoms with Crippen LogP contribution in [0.1, 0.15) is 27.2 Å². The van der Waals surface area contributed by atoms with Gasteiger partial charge in [-0.1, -0.05) is 6.07 Å². The molecule has 3 rings (SSSR count). The van der Waals surface area contributed by atoms with Crippen molar-refractivity contribution in [1.82, 2.24) is 4.90 Å². The Morgan fingerprint density at radius 3 is 3.05 bits per heavy atom. The first-order chi connectivity index (χ1) is 10.2. The monoisotopic (exact) mass is 323 g/mol. The van der Waals surface area contributed by atoms with Gasteiger partial charge in [0.05, 0.1) is 19.3 Å². The third-order valence-electron chi connectivity index (χ3n) is 3.87. The first-order valence-electron chi connectivity index (χ1n) is 7.31. The minimum Gasteiger partial charge on any atom is -0.388 e. The summed E-state index contributed by atoms with van der Waals surface area (Å²) < 4.78 is 5.63. The van der Waals surface area contributed by atoms with Gasteiger partial charge in [0.1, 0.15) is 0 Å². The summed E-state index contributed by atoms with van der Waals surface area (Å²) in [7, 11) is 0. The van der Waals surface area contributed by atoms with Crippen LogP contribution in [0.25, 0.3) is 0 Å². The Labute approximate surface area is 133 Å². The highest BCUT2D eigenvalue weighted by Gasteiger charge is 2.26. The molecule has 1 fully saturated rings. The van der Waals surface area contributed by atoms with Gasteiger partial charge in [-0.15, -0.1) is 22.7 Å². The van der Waals surface area contributed by atoms with Crippen molar-refractivity contribution < 1.29 is 9.84 Å². The number of thiophene rings is 2. The number of aryl methyl sites for hydroxylation is 1. The third kappa shape index (κ3) is 3.93. The fourth-order valence-electron chi connectivity index (χ4n) is 2.74. The number of nitrogens with zero attached hydrogens (tertiary/aromatic N) is 1. The average molecular weight is 323 g/mol. The molecule has 2 aromatic rings. The highest BCUT2D eigenvalue weighted by atomic mass is 32.1. The van der Waals surface area contributed by atoms with Crippen LogP contribution in [-0.2, 0) is 11.3 Å². The number of hydrogen-bond donors (Lipinski definition) is 1. The molecule has 0 saturated carbocycles. The van der Waals surface area contributed by atoms with Crippen LogP contribution in [0.15, 0.2) is 29.6 Å². The van der Waals surface area contributed by atoms with Crippen LogP contribution in [0.3, 0.4) is 0 Å². The average Bonchev–Trinajstić information content (AvgIpc) is 3.13. The number of aliphatic hydroxyl groups excluding tert-OH is 1. The van der Waals surface area contributed by atoms with Crippen LogP contribution in [0.4, 0.5) is 0 Å². The van der Waals surface area contributed by atoms with Gasteiger partial charge in [0.25, 0.3) is 0 Å². The number of rotatable bonds is 5. The van der Waals surface area contributed by atoms with E-state index in [0.717, 1.165) is 31.0 Å². The molecule has 2 atom stereocenters.